The van der Waals surface area contributed by atoms with Gasteiger partial charge in [0.1, 0.15) is 0 Å². The minimum absolute atomic E-state index is 0.0135. The van der Waals surface area contributed by atoms with E-state index >= 15 is 0 Å². The molecule has 33 heavy (non-hydrogen) atoms. The summed E-state index contributed by atoms with van der Waals surface area (Å²) in [6, 6.07) is 16.1. The molecule has 176 valence electrons. The van der Waals surface area contributed by atoms with Crippen molar-refractivity contribution >= 4 is 23.2 Å². The number of anilines is 2. The van der Waals surface area contributed by atoms with Crippen LogP contribution in [0, 0.1) is 12.8 Å². The Kier molecular flexibility index (Phi) is 7.65. The number of amides is 2. The zero-order valence-corrected chi connectivity index (χ0v) is 19.9. The number of hydrogen-bond donors (Lipinski definition) is 1. The van der Waals surface area contributed by atoms with E-state index in [1.807, 2.05) is 41.3 Å². The third-order valence-corrected chi connectivity index (χ3v) is 7.00. The standard InChI is InChI=1S/C27H36N4O2/c1-3-29-14-16-30(17-15-29)24-11-12-25(21(2)18-24)28-27(33)23-10-7-13-31(20-23)26(32)19-22-8-5-4-6-9-22/h4-6,8-9,11-12,18,23H,3,7,10,13-17,19-20H2,1-2H3,(H,28,33). The summed E-state index contributed by atoms with van der Waals surface area (Å²) in [7, 11) is 0. The molecule has 0 radical (unpaired) electrons. The van der Waals surface area contributed by atoms with E-state index in [1.165, 1.54) is 5.69 Å². The zero-order valence-electron chi connectivity index (χ0n) is 19.9. The largest absolute Gasteiger partial charge is 0.369 e. The van der Waals surface area contributed by atoms with Crippen LogP contribution >= 0.6 is 0 Å². The van der Waals surface area contributed by atoms with Crippen LogP contribution in [0.15, 0.2) is 48.5 Å². The second kappa shape index (κ2) is 10.8. The number of likely N-dealkylation sites (N-methyl/N-ethyl adjacent to an activating group) is 1. The third kappa shape index (κ3) is 5.93. The number of nitrogens with zero attached hydrogens (tertiary/aromatic N) is 3. The molecule has 2 fully saturated rings. The van der Waals surface area contributed by atoms with Gasteiger partial charge in [-0.3, -0.25) is 9.59 Å². The van der Waals surface area contributed by atoms with Crippen LogP contribution in [-0.2, 0) is 16.0 Å². The molecule has 0 aromatic heterocycles. The summed E-state index contributed by atoms with van der Waals surface area (Å²) in [5.41, 5.74) is 4.17. The number of piperidine rings is 1. The Balaban J connectivity index is 1.33. The van der Waals surface area contributed by atoms with Gasteiger partial charge in [0.2, 0.25) is 11.8 Å². The highest BCUT2D eigenvalue weighted by Crippen LogP contribution is 2.26. The van der Waals surface area contributed by atoms with Gasteiger partial charge in [-0.2, -0.15) is 0 Å². The fraction of sp³-hybridized carbons (Fsp3) is 0.481. The number of benzene rings is 2. The van der Waals surface area contributed by atoms with E-state index in [0.717, 1.165) is 68.9 Å². The highest BCUT2D eigenvalue weighted by atomic mass is 16.2. The molecule has 0 spiro atoms. The number of hydrogen-bond acceptors (Lipinski definition) is 4. The zero-order chi connectivity index (χ0) is 23.2. The average molecular weight is 449 g/mol. The average Bonchev–Trinajstić information content (AvgIpc) is 2.86. The van der Waals surface area contributed by atoms with E-state index in [2.05, 4.69) is 41.1 Å². The Labute approximate surface area is 197 Å². The summed E-state index contributed by atoms with van der Waals surface area (Å²) in [5, 5.41) is 3.13. The molecule has 2 heterocycles. The van der Waals surface area contributed by atoms with Crippen LogP contribution in [0.3, 0.4) is 0 Å². The fourth-order valence-electron chi connectivity index (χ4n) is 4.84. The van der Waals surface area contributed by atoms with E-state index < -0.39 is 0 Å². The van der Waals surface area contributed by atoms with Gasteiger partial charge in [0.15, 0.2) is 0 Å². The second-order valence-corrected chi connectivity index (χ2v) is 9.25. The van der Waals surface area contributed by atoms with Crippen molar-refractivity contribution in [3.8, 4) is 0 Å². The van der Waals surface area contributed by atoms with Crippen molar-refractivity contribution < 1.29 is 9.59 Å². The van der Waals surface area contributed by atoms with E-state index in [1.54, 1.807) is 0 Å². The lowest BCUT2D eigenvalue weighted by atomic mass is 9.96. The number of rotatable bonds is 6. The first-order valence-electron chi connectivity index (χ1n) is 12.2. The van der Waals surface area contributed by atoms with Gasteiger partial charge < -0.3 is 20.0 Å². The van der Waals surface area contributed by atoms with Crippen LogP contribution < -0.4 is 10.2 Å². The maximum atomic E-state index is 13.0. The lowest BCUT2D eigenvalue weighted by molar-refractivity contribution is -0.133. The van der Waals surface area contributed by atoms with Crippen LogP contribution in [0.2, 0.25) is 0 Å². The molecule has 2 aliphatic rings. The molecule has 1 unspecified atom stereocenters. The molecule has 2 saturated heterocycles. The minimum atomic E-state index is -0.167. The Bertz CT molecular complexity index is 954. The minimum Gasteiger partial charge on any atom is -0.369 e. The molecule has 2 aromatic rings. The molecule has 0 aliphatic carbocycles. The van der Waals surface area contributed by atoms with Crippen molar-refractivity contribution in [3.63, 3.8) is 0 Å². The third-order valence-electron chi connectivity index (χ3n) is 7.00. The van der Waals surface area contributed by atoms with E-state index in [4.69, 9.17) is 0 Å². The Morgan fingerprint density at radius 1 is 1.00 bits per heavy atom. The van der Waals surface area contributed by atoms with Crippen LogP contribution in [-0.4, -0.2) is 67.4 Å². The number of carbonyl (C=O) groups is 2. The van der Waals surface area contributed by atoms with Crippen LogP contribution in [0.4, 0.5) is 11.4 Å². The monoisotopic (exact) mass is 448 g/mol. The quantitative estimate of drug-likeness (QED) is 0.734. The smallest absolute Gasteiger partial charge is 0.229 e. The number of aryl methyl sites for hydroxylation is 1. The molecule has 1 N–H and O–H groups in total. The normalized spacial score (nSPS) is 19.4. The van der Waals surface area contributed by atoms with Gasteiger partial charge in [-0.05, 0) is 55.6 Å². The lowest BCUT2D eigenvalue weighted by Crippen LogP contribution is -2.46. The Hall–Kier alpha value is -2.86. The van der Waals surface area contributed by atoms with Gasteiger partial charge in [0.05, 0.1) is 12.3 Å². The maximum Gasteiger partial charge on any atom is 0.229 e. The fourth-order valence-corrected chi connectivity index (χ4v) is 4.84. The molecule has 0 bridgehead atoms. The highest BCUT2D eigenvalue weighted by Gasteiger charge is 2.28. The van der Waals surface area contributed by atoms with Crippen molar-refractivity contribution in [2.24, 2.45) is 5.92 Å². The lowest BCUT2D eigenvalue weighted by Gasteiger charge is -2.35. The van der Waals surface area contributed by atoms with Crippen molar-refractivity contribution in [3.05, 3.63) is 59.7 Å². The summed E-state index contributed by atoms with van der Waals surface area (Å²) in [6.07, 6.45) is 2.07. The SMILES string of the molecule is CCN1CCN(c2ccc(NC(=O)C3CCCN(C(=O)Cc4ccccc4)C3)c(C)c2)CC1. The number of nitrogens with one attached hydrogen (secondary N) is 1. The van der Waals surface area contributed by atoms with Crippen molar-refractivity contribution in [2.45, 2.75) is 33.1 Å². The highest BCUT2D eigenvalue weighted by molar-refractivity contribution is 5.94. The molecular weight excluding hydrogens is 412 g/mol. The molecule has 2 aromatic carbocycles. The molecular formula is C27H36N4O2. The summed E-state index contributed by atoms with van der Waals surface area (Å²) in [4.78, 5) is 32.5. The van der Waals surface area contributed by atoms with Crippen LogP contribution in [0.1, 0.15) is 30.9 Å². The molecule has 2 aliphatic heterocycles. The maximum absolute atomic E-state index is 13.0. The molecule has 1 atom stereocenters. The number of carbonyl (C=O) groups excluding carboxylic acids is 2. The van der Waals surface area contributed by atoms with Gasteiger partial charge in [0.25, 0.3) is 0 Å². The van der Waals surface area contributed by atoms with Crippen molar-refractivity contribution in [1.82, 2.24) is 9.80 Å². The van der Waals surface area contributed by atoms with Gasteiger partial charge >= 0.3 is 0 Å². The first-order chi connectivity index (χ1) is 16.0. The summed E-state index contributed by atoms with van der Waals surface area (Å²) < 4.78 is 0. The van der Waals surface area contributed by atoms with E-state index in [9.17, 15) is 9.59 Å². The summed E-state index contributed by atoms with van der Waals surface area (Å²) >= 11 is 0. The van der Waals surface area contributed by atoms with Crippen LogP contribution in [0.5, 0.6) is 0 Å². The Morgan fingerprint density at radius 2 is 1.76 bits per heavy atom. The summed E-state index contributed by atoms with van der Waals surface area (Å²) in [5.74, 6) is -0.0540. The van der Waals surface area contributed by atoms with Crippen LogP contribution in [0.25, 0.3) is 0 Å². The Morgan fingerprint density at radius 3 is 2.45 bits per heavy atom. The van der Waals surface area contributed by atoms with Crippen molar-refractivity contribution in [1.29, 1.82) is 0 Å². The predicted molar refractivity (Wildman–Crippen MR) is 134 cm³/mol. The van der Waals surface area contributed by atoms with Gasteiger partial charge in [-0.15, -0.1) is 0 Å². The first kappa shape index (κ1) is 23.3. The molecule has 2 amide bonds. The number of likely N-dealkylation sites (tertiary alicyclic amines) is 1. The topological polar surface area (TPSA) is 55.9 Å². The van der Waals surface area contributed by atoms with Gasteiger partial charge in [-0.1, -0.05) is 37.3 Å². The summed E-state index contributed by atoms with van der Waals surface area (Å²) in [6.45, 7) is 10.9. The van der Waals surface area contributed by atoms with Gasteiger partial charge in [0, 0.05) is 50.6 Å². The van der Waals surface area contributed by atoms with E-state index in [-0.39, 0.29) is 17.7 Å². The first-order valence-corrected chi connectivity index (χ1v) is 12.2. The molecule has 0 saturated carbocycles. The second-order valence-electron chi connectivity index (χ2n) is 9.25. The van der Waals surface area contributed by atoms with Gasteiger partial charge in [-0.25, -0.2) is 0 Å². The molecule has 6 nitrogen and oxygen atoms in total. The molecule has 4 rings (SSSR count). The number of piperazine rings is 1. The predicted octanol–water partition coefficient (Wildman–Crippen LogP) is 3.56. The van der Waals surface area contributed by atoms with E-state index in [0.29, 0.717) is 13.0 Å². The van der Waals surface area contributed by atoms with Crippen molar-refractivity contribution in [2.75, 3.05) is 56.0 Å². The molecule has 6 heteroatoms.